The molecule has 94 valence electrons. The molecule has 5 heteroatoms. The smallest absolute Gasteiger partial charge is 0.319 e. The summed E-state index contributed by atoms with van der Waals surface area (Å²) in [4.78, 5) is 15.3. The number of aliphatic hydroxyl groups is 1. The Morgan fingerprint density at radius 2 is 2.06 bits per heavy atom. The molecule has 1 saturated heterocycles. The maximum Gasteiger partial charge on any atom is 0.319 e. The van der Waals surface area contributed by atoms with E-state index in [0.29, 0.717) is 32.6 Å². The van der Waals surface area contributed by atoms with E-state index in [9.17, 15) is 9.90 Å². The Bertz CT molecular complexity index is 235. The fourth-order valence-corrected chi connectivity index (χ4v) is 2.11. The summed E-state index contributed by atoms with van der Waals surface area (Å²) in [6.45, 7) is 7.12. The van der Waals surface area contributed by atoms with E-state index in [0.717, 1.165) is 6.54 Å². The summed E-state index contributed by atoms with van der Waals surface area (Å²) in [5.74, 6) is 0. The Hall–Kier alpha value is -0.810. The molecular weight excluding hydrogens is 206 g/mol. The molecule has 0 aromatic carbocycles. The van der Waals surface area contributed by atoms with Crippen LogP contribution in [0.15, 0.2) is 0 Å². The van der Waals surface area contributed by atoms with E-state index < -0.39 is 5.60 Å². The van der Waals surface area contributed by atoms with Crippen molar-refractivity contribution in [3.05, 3.63) is 0 Å². The minimum absolute atomic E-state index is 0.00896. The highest BCUT2D eigenvalue weighted by Gasteiger charge is 2.34. The maximum atomic E-state index is 12.0. The second-order valence-electron chi connectivity index (χ2n) is 4.46. The molecule has 1 rings (SSSR count). The van der Waals surface area contributed by atoms with Crippen LogP contribution in [0, 0.1) is 0 Å². The monoisotopic (exact) mass is 229 g/mol. The number of urea groups is 1. The molecule has 0 aromatic heterocycles. The van der Waals surface area contributed by atoms with E-state index in [4.69, 9.17) is 0 Å². The van der Waals surface area contributed by atoms with Gasteiger partial charge in [-0.2, -0.15) is 0 Å². The summed E-state index contributed by atoms with van der Waals surface area (Å²) in [6.07, 6.45) is 0.711. The fourth-order valence-electron chi connectivity index (χ4n) is 2.11. The summed E-state index contributed by atoms with van der Waals surface area (Å²) in [7, 11) is 1.75. The third kappa shape index (κ3) is 3.09. The van der Waals surface area contributed by atoms with Gasteiger partial charge >= 0.3 is 6.03 Å². The van der Waals surface area contributed by atoms with E-state index >= 15 is 0 Å². The van der Waals surface area contributed by atoms with Crippen LogP contribution in [-0.2, 0) is 0 Å². The number of nitrogens with one attached hydrogen (secondary N) is 1. The lowest BCUT2D eigenvalue weighted by Gasteiger charge is -2.31. The molecule has 0 aliphatic carbocycles. The van der Waals surface area contributed by atoms with E-state index in [1.165, 1.54) is 0 Å². The van der Waals surface area contributed by atoms with Gasteiger partial charge in [0.05, 0.1) is 12.1 Å². The normalized spacial score (nSPS) is 24.5. The molecule has 1 aliphatic rings. The molecule has 2 N–H and O–H groups in total. The van der Waals surface area contributed by atoms with Crippen LogP contribution >= 0.6 is 0 Å². The summed E-state index contributed by atoms with van der Waals surface area (Å²) in [6, 6.07) is -0.00896. The van der Waals surface area contributed by atoms with Crippen molar-refractivity contribution in [2.24, 2.45) is 0 Å². The average Bonchev–Trinajstić information content (AvgIpc) is 2.66. The highest BCUT2D eigenvalue weighted by molar-refractivity contribution is 5.74. The number of carbonyl (C=O) groups excluding carboxylic acids is 1. The highest BCUT2D eigenvalue weighted by Crippen LogP contribution is 2.15. The van der Waals surface area contributed by atoms with Gasteiger partial charge in [0.2, 0.25) is 0 Å². The molecule has 5 nitrogen and oxygen atoms in total. The van der Waals surface area contributed by atoms with Crippen molar-refractivity contribution in [3.8, 4) is 0 Å². The molecule has 0 bridgehead atoms. The number of likely N-dealkylation sites (N-methyl/N-ethyl adjacent to an activating group) is 1. The van der Waals surface area contributed by atoms with Gasteiger partial charge in [-0.3, -0.25) is 0 Å². The lowest BCUT2D eigenvalue weighted by Crippen LogP contribution is -2.49. The highest BCUT2D eigenvalue weighted by atomic mass is 16.3. The SMILES string of the molecule is CCN(CC)C(=O)N(C)CC1(O)CCNC1. The average molecular weight is 229 g/mol. The molecule has 1 heterocycles. The zero-order valence-corrected chi connectivity index (χ0v) is 10.5. The predicted octanol–water partition coefficient (Wildman–Crippen LogP) is 0.104. The minimum atomic E-state index is -0.752. The van der Waals surface area contributed by atoms with Gasteiger partial charge in [0.1, 0.15) is 0 Å². The quantitative estimate of drug-likeness (QED) is 0.719. The van der Waals surface area contributed by atoms with E-state index in [2.05, 4.69) is 5.32 Å². The van der Waals surface area contributed by atoms with Crippen molar-refractivity contribution in [2.45, 2.75) is 25.9 Å². The molecule has 16 heavy (non-hydrogen) atoms. The molecule has 1 atom stereocenters. The first-order chi connectivity index (χ1) is 7.52. The molecule has 0 spiro atoms. The molecular formula is C11H23N3O2. The molecule has 0 radical (unpaired) electrons. The zero-order chi connectivity index (χ0) is 12.2. The van der Waals surface area contributed by atoms with Crippen molar-refractivity contribution < 1.29 is 9.90 Å². The predicted molar refractivity (Wildman–Crippen MR) is 63.4 cm³/mol. The Morgan fingerprint density at radius 3 is 2.50 bits per heavy atom. The Kier molecular flexibility index (Phi) is 4.56. The molecule has 0 aromatic rings. The van der Waals surface area contributed by atoms with Crippen molar-refractivity contribution in [3.63, 3.8) is 0 Å². The van der Waals surface area contributed by atoms with Gasteiger partial charge in [-0.25, -0.2) is 4.79 Å². The number of hydrogen-bond donors (Lipinski definition) is 2. The van der Waals surface area contributed by atoms with Gasteiger partial charge in [0.15, 0.2) is 0 Å². The Morgan fingerprint density at radius 1 is 1.44 bits per heavy atom. The van der Waals surface area contributed by atoms with Crippen molar-refractivity contribution in [1.29, 1.82) is 0 Å². The number of rotatable bonds is 4. The van der Waals surface area contributed by atoms with Crippen LogP contribution in [0.2, 0.25) is 0 Å². The van der Waals surface area contributed by atoms with Gasteiger partial charge in [0.25, 0.3) is 0 Å². The fraction of sp³-hybridized carbons (Fsp3) is 0.909. The summed E-state index contributed by atoms with van der Waals surface area (Å²) in [5, 5.41) is 13.3. The van der Waals surface area contributed by atoms with Gasteiger partial charge in [-0.05, 0) is 26.8 Å². The number of nitrogens with zero attached hydrogens (tertiary/aromatic N) is 2. The zero-order valence-electron chi connectivity index (χ0n) is 10.5. The first-order valence-corrected chi connectivity index (χ1v) is 5.95. The number of carbonyl (C=O) groups is 1. The van der Waals surface area contributed by atoms with Crippen LogP contribution in [-0.4, -0.2) is 66.3 Å². The van der Waals surface area contributed by atoms with E-state index in [1.807, 2.05) is 13.8 Å². The van der Waals surface area contributed by atoms with E-state index in [1.54, 1.807) is 16.8 Å². The number of β-amino-alcohol motifs (C(OH)–C–C–N with tert-alkyl or cyclic N) is 1. The third-order valence-electron chi connectivity index (χ3n) is 3.11. The van der Waals surface area contributed by atoms with Gasteiger partial charge in [0, 0.05) is 26.7 Å². The second-order valence-corrected chi connectivity index (χ2v) is 4.46. The molecule has 0 saturated carbocycles. The minimum Gasteiger partial charge on any atom is -0.387 e. The summed E-state index contributed by atoms with van der Waals surface area (Å²) < 4.78 is 0. The summed E-state index contributed by atoms with van der Waals surface area (Å²) in [5.41, 5.74) is -0.752. The van der Waals surface area contributed by atoms with E-state index in [-0.39, 0.29) is 6.03 Å². The molecule has 1 unspecified atom stereocenters. The molecule has 1 aliphatic heterocycles. The van der Waals surface area contributed by atoms with Crippen LogP contribution in [0.3, 0.4) is 0 Å². The van der Waals surface area contributed by atoms with Crippen LogP contribution in [0.5, 0.6) is 0 Å². The van der Waals surface area contributed by atoms with Crippen LogP contribution in [0.1, 0.15) is 20.3 Å². The van der Waals surface area contributed by atoms with Crippen LogP contribution < -0.4 is 5.32 Å². The lowest BCUT2D eigenvalue weighted by molar-refractivity contribution is 0.0323. The largest absolute Gasteiger partial charge is 0.387 e. The second kappa shape index (κ2) is 5.50. The molecule has 1 fully saturated rings. The summed E-state index contributed by atoms with van der Waals surface area (Å²) >= 11 is 0. The first-order valence-electron chi connectivity index (χ1n) is 5.95. The Balaban J connectivity index is 2.50. The maximum absolute atomic E-state index is 12.0. The Labute approximate surface area is 97.4 Å². The number of amides is 2. The van der Waals surface area contributed by atoms with Gasteiger partial charge in [-0.1, -0.05) is 0 Å². The van der Waals surface area contributed by atoms with Crippen molar-refractivity contribution in [2.75, 3.05) is 39.8 Å². The van der Waals surface area contributed by atoms with Gasteiger partial charge in [-0.15, -0.1) is 0 Å². The number of hydrogen-bond acceptors (Lipinski definition) is 3. The lowest BCUT2D eigenvalue weighted by atomic mass is 10.0. The van der Waals surface area contributed by atoms with Gasteiger partial charge < -0.3 is 20.2 Å². The third-order valence-corrected chi connectivity index (χ3v) is 3.11. The topological polar surface area (TPSA) is 55.8 Å². The first kappa shape index (κ1) is 13.3. The standard InChI is InChI=1S/C11H23N3O2/c1-4-14(5-2)10(15)13(3)9-11(16)6-7-12-8-11/h12,16H,4-9H2,1-3H3. The van der Waals surface area contributed by atoms with Crippen molar-refractivity contribution in [1.82, 2.24) is 15.1 Å². The molecule has 2 amide bonds. The van der Waals surface area contributed by atoms with Crippen molar-refractivity contribution >= 4 is 6.03 Å². The van der Waals surface area contributed by atoms with Crippen LogP contribution in [0.4, 0.5) is 4.79 Å². The van der Waals surface area contributed by atoms with Crippen LogP contribution in [0.25, 0.3) is 0 Å².